The van der Waals surface area contributed by atoms with Crippen molar-refractivity contribution in [3.8, 4) is 6.01 Å². The van der Waals surface area contributed by atoms with Gasteiger partial charge < -0.3 is 15.4 Å². The summed E-state index contributed by atoms with van der Waals surface area (Å²) in [5.41, 5.74) is 0. The molecule has 1 aromatic heterocycles. The summed E-state index contributed by atoms with van der Waals surface area (Å²) in [5.74, 6) is 0.956. The van der Waals surface area contributed by atoms with Crippen molar-refractivity contribution >= 4 is 22.7 Å². The summed E-state index contributed by atoms with van der Waals surface area (Å²) in [6, 6.07) is 0.271. The van der Waals surface area contributed by atoms with Crippen molar-refractivity contribution in [2.45, 2.75) is 31.9 Å². The van der Waals surface area contributed by atoms with Crippen LogP contribution in [0.15, 0.2) is 0 Å². The quantitative estimate of drug-likeness (QED) is 0.710. The summed E-state index contributed by atoms with van der Waals surface area (Å²) in [6.45, 7) is 5.47. The molecule has 114 valence electrons. The molecule has 2 atom stereocenters. The molecule has 0 fully saturated rings. The van der Waals surface area contributed by atoms with Gasteiger partial charge in [0.2, 0.25) is 11.9 Å². The van der Waals surface area contributed by atoms with E-state index in [9.17, 15) is 4.21 Å². The second kappa shape index (κ2) is 8.68. The maximum Gasteiger partial charge on any atom is 0.322 e. The Morgan fingerprint density at radius 3 is 2.30 bits per heavy atom. The molecule has 7 nitrogen and oxygen atoms in total. The van der Waals surface area contributed by atoms with Crippen LogP contribution in [0, 0.1) is 0 Å². The van der Waals surface area contributed by atoms with Crippen LogP contribution in [-0.2, 0) is 10.8 Å². The van der Waals surface area contributed by atoms with E-state index in [1.165, 1.54) is 7.11 Å². The van der Waals surface area contributed by atoms with Gasteiger partial charge in [0.1, 0.15) is 0 Å². The van der Waals surface area contributed by atoms with Crippen molar-refractivity contribution in [2.24, 2.45) is 0 Å². The highest BCUT2D eigenvalue weighted by molar-refractivity contribution is 7.84. The molecule has 0 spiro atoms. The van der Waals surface area contributed by atoms with E-state index in [-0.39, 0.29) is 11.3 Å². The average molecular weight is 301 g/mol. The summed E-state index contributed by atoms with van der Waals surface area (Å²) >= 11 is 0. The second-order valence-electron chi connectivity index (χ2n) is 4.42. The van der Waals surface area contributed by atoms with E-state index in [0.29, 0.717) is 18.4 Å². The highest BCUT2D eigenvalue weighted by Crippen LogP contribution is 2.11. The van der Waals surface area contributed by atoms with Gasteiger partial charge in [0, 0.05) is 35.4 Å². The number of nitrogens with zero attached hydrogens (tertiary/aromatic N) is 3. The molecule has 0 saturated carbocycles. The molecule has 0 aromatic carbocycles. The molecule has 0 bridgehead atoms. The van der Waals surface area contributed by atoms with Crippen LogP contribution in [0.25, 0.3) is 0 Å². The lowest BCUT2D eigenvalue weighted by Crippen LogP contribution is -2.16. The minimum atomic E-state index is -0.813. The van der Waals surface area contributed by atoms with Crippen LogP contribution in [0.1, 0.15) is 26.7 Å². The zero-order valence-electron chi connectivity index (χ0n) is 12.5. The summed E-state index contributed by atoms with van der Waals surface area (Å²) in [7, 11) is 0.706. The Kier molecular flexibility index (Phi) is 7.21. The number of methoxy groups -OCH3 is 1. The highest BCUT2D eigenvalue weighted by Gasteiger charge is 2.08. The number of rotatable bonds is 9. The van der Waals surface area contributed by atoms with Crippen LogP contribution < -0.4 is 15.4 Å². The summed E-state index contributed by atoms with van der Waals surface area (Å²) in [4.78, 5) is 12.5. The van der Waals surface area contributed by atoms with Crippen molar-refractivity contribution in [1.29, 1.82) is 0 Å². The molecule has 0 saturated heterocycles. The number of anilines is 2. The Hall–Kier alpha value is -1.44. The van der Waals surface area contributed by atoms with Crippen molar-refractivity contribution in [3.63, 3.8) is 0 Å². The Morgan fingerprint density at radius 2 is 1.80 bits per heavy atom. The third kappa shape index (κ3) is 5.68. The number of nitrogens with one attached hydrogen (secondary N) is 2. The normalized spacial score (nSPS) is 13.6. The SMILES string of the molecule is CCCNc1nc(NCCC(C)S(C)=O)nc(OC)n1. The Bertz CT molecular complexity index is 444. The lowest BCUT2D eigenvalue weighted by Gasteiger charge is -2.11. The standard InChI is InChI=1S/C12H23N5O2S/c1-5-7-13-10-15-11(17-12(16-10)19-3)14-8-6-9(2)20(4)18/h9H,5-8H2,1-4H3,(H2,13,14,15,16,17). The van der Waals surface area contributed by atoms with Crippen molar-refractivity contribution in [2.75, 3.05) is 37.1 Å². The zero-order chi connectivity index (χ0) is 15.0. The van der Waals surface area contributed by atoms with E-state index in [2.05, 4.69) is 32.5 Å². The number of aromatic nitrogens is 3. The maximum atomic E-state index is 11.3. The second-order valence-corrected chi connectivity index (χ2v) is 6.22. The van der Waals surface area contributed by atoms with Crippen LogP contribution in [0.5, 0.6) is 6.01 Å². The Labute approximate surface area is 122 Å². The monoisotopic (exact) mass is 301 g/mol. The van der Waals surface area contributed by atoms with Gasteiger partial charge in [0.05, 0.1) is 7.11 Å². The lowest BCUT2D eigenvalue weighted by atomic mass is 10.3. The van der Waals surface area contributed by atoms with E-state index in [1.807, 2.05) is 6.92 Å². The van der Waals surface area contributed by atoms with Crippen LogP contribution >= 0.6 is 0 Å². The third-order valence-electron chi connectivity index (χ3n) is 2.73. The average Bonchev–Trinajstić information content (AvgIpc) is 2.44. The topological polar surface area (TPSA) is 89.0 Å². The van der Waals surface area contributed by atoms with Gasteiger partial charge >= 0.3 is 6.01 Å². The number of ether oxygens (including phenoxy) is 1. The first-order valence-electron chi connectivity index (χ1n) is 6.66. The van der Waals surface area contributed by atoms with Gasteiger partial charge in [-0.1, -0.05) is 13.8 Å². The number of hydrogen-bond donors (Lipinski definition) is 2. The predicted octanol–water partition coefficient (Wildman–Crippen LogP) is 1.27. The van der Waals surface area contributed by atoms with Gasteiger partial charge in [-0.05, 0) is 12.8 Å². The predicted molar refractivity (Wildman–Crippen MR) is 81.8 cm³/mol. The van der Waals surface area contributed by atoms with Gasteiger partial charge in [-0.2, -0.15) is 15.0 Å². The molecule has 0 aliphatic heterocycles. The van der Waals surface area contributed by atoms with Crippen LogP contribution in [0.3, 0.4) is 0 Å². The minimum absolute atomic E-state index is 0.143. The first kappa shape index (κ1) is 16.6. The molecule has 20 heavy (non-hydrogen) atoms. The summed E-state index contributed by atoms with van der Waals surface area (Å²) < 4.78 is 16.3. The van der Waals surface area contributed by atoms with Gasteiger partial charge in [-0.3, -0.25) is 4.21 Å². The lowest BCUT2D eigenvalue weighted by molar-refractivity contribution is 0.379. The fraction of sp³-hybridized carbons (Fsp3) is 0.750. The summed E-state index contributed by atoms with van der Waals surface area (Å²) in [5, 5.41) is 6.34. The van der Waals surface area contributed by atoms with Gasteiger partial charge in [0.25, 0.3) is 0 Å². The smallest absolute Gasteiger partial charge is 0.322 e. The minimum Gasteiger partial charge on any atom is -0.467 e. The van der Waals surface area contributed by atoms with E-state index < -0.39 is 10.8 Å². The third-order valence-corrected chi connectivity index (χ3v) is 4.10. The molecule has 2 N–H and O–H groups in total. The first-order chi connectivity index (χ1) is 9.56. The molecule has 0 radical (unpaired) electrons. The van der Waals surface area contributed by atoms with Crippen LogP contribution in [0.4, 0.5) is 11.9 Å². The molecular weight excluding hydrogens is 278 g/mol. The highest BCUT2D eigenvalue weighted by atomic mass is 32.2. The molecule has 1 rings (SSSR count). The fourth-order valence-electron chi connectivity index (χ4n) is 1.40. The number of hydrogen-bond acceptors (Lipinski definition) is 7. The molecule has 0 aliphatic carbocycles. The van der Waals surface area contributed by atoms with Crippen molar-refractivity contribution in [1.82, 2.24) is 15.0 Å². The van der Waals surface area contributed by atoms with Gasteiger partial charge in [-0.15, -0.1) is 0 Å². The largest absolute Gasteiger partial charge is 0.467 e. The van der Waals surface area contributed by atoms with Gasteiger partial charge in [0.15, 0.2) is 0 Å². The van der Waals surface area contributed by atoms with Crippen LogP contribution in [0.2, 0.25) is 0 Å². The van der Waals surface area contributed by atoms with Crippen LogP contribution in [-0.4, -0.2) is 50.9 Å². The van der Waals surface area contributed by atoms with Gasteiger partial charge in [-0.25, -0.2) is 0 Å². The van der Waals surface area contributed by atoms with E-state index in [1.54, 1.807) is 6.26 Å². The molecular formula is C12H23N5O2S. The Morgan fingerprint density at radius 1 is 1.20 bits per heavy atom. The summed E-state index contributed by atoms with van der Waals surface area (Å²) in [6.07, 6.45) is 3.48. The zero-order valence-corrected chi connectivity index (χ0v) is 13.3. The molecule has 1 heterocycles. The molecule has 2 unspecified atom stereocenters. The molecule has 0 amide bonds. The van der Waals surface area contributed by atoms with Crippen molar-refractivity contribution < 1.29 is 8.95 Å². The molecule has 8 heteroatoms. The molecule has 1 aromatic rings. The van der Waals surface area contributed by atoms with Crippen molar-refractivity contribution in [3.05, 3.63) is 0 Å². The first-order valence-corrected chi connectivity index (χ1v) is 8.29. The molecule has 0 aliphatic rings. The van der Waals surface area contributed by atoms with E-state index >= 15 is 0 Å². The fourth-order valence-corrected chi connectivity index (χ4v) is 1.85. The van der Waals surface area contributed by atoms with E-state index in [0.717, 1.165) is 19.4 Å². The van der Waals surface area contributed by atoms with E-state index in [4.69, 9.17) is 4.74 Å². The maximum absolute atomic E-state index is 11.3. The Balaban J connectivity index is 2.61.